The summed E-state index contributed by atoms with van der Waals surface area (Å²) >= 11 is 0. The van der Waals surface area contributed by atoms with Crippen LogP contribution in [0.3, 0.4) is 0 Å². The molecule has 1 amide bonds. The van der Waals surface area contributed by atoms with Crippen molar-refractivity contribution in [2.75, 3.05) is 20.3 Å². The lowest BCUT2D eigenvalue weighted by Gasteiger charge is -2.43. The third kappa shape index (κ3) is 4.57. The highest BCUT2D eigenvalue weighted by atomic mass is 19.2. The molecule has 1 saturated heterocycles. The molecule has 5 rings (SSSR count). The highest BCUT2D eigenvalue weighted by Crippen LogP contribution is 2.46. The van der Waals surface area contributed by atoms with Crippen molar-refractivity contribution in [1.29, 1.82) is 0 Å². The van der Waals surface area contributed by atoms with Gasteiger partial charge >= 0.3 is 5.97 Å². The summed E-state index contributed by atoms with van der Waals surface area (Å²) in [5.74, 6) is -3.92. The van der Waals surface area contributed by atoms with Crippen LogP contribution in [0.5, 0.6) is 5.75 Å². The van der Waals surface area contributed by atoms with Gasteiger partial charge in [-0.25, -0.2) is 8.78 Å². The third-order valence-electron chi connectivity index (χ3n) is 7.54. The van der Waals surface area contributed by atoms with Gasteiger partial charge in [-0.2, -0.15) is 5.10 Å². The molecule has 2 aromatic carbocycles. The number of nitrogens with zero attached hydrogens (tertiary/aromatic N) is 3. The fourth-order valence-corrected chi connectivity index (χ4v) is 5.64. The minimum absolute atomic E-state index is 0.0796. The minimum atomic E-state index is -1.10. The highest BCUT2D eigenvalue weighted by molar-refractivity contribution is 5.96. The smallest absolute Gasteiger partial charge is 0.314 e. The molecule has 1 aromatic heterocycles. The van der Waals surface area contributed by atoms with Crippen LogP contribution in [0.4, 0.5) is 8.78 Å². The molecule has 0 saturated carbocycles. The number of benzene rings is 2. The van der Waals surface area contributed by atoms with Crippen LogP contribution >= 0.6 is 0 Å². The number of halogens is 2. The van der Waals surface area contributed by atoms with E-state index in [1.807, 2.05) is 30.3 Å². The lowest BCUT2D eigenvalue weighted by Crippen LogP contribution is -2.51. The van der Waals surface area contributed by atoms with E-state index in [9.17, 15) is 18.8 Å². The van der Waals surface area contributed by atoms with Gasteiger partial charge < -0.3 is 14.4 Å². The maximum absolute atomic E-state index is 15.4. The first-order valence-electron chi connectivity index (χ1n) is 12.8. The Morgan fingerprint density at radius 3 is 2.59 bits per heavy atom. The molecule has 0 bridgehead atoms. The van der Waals surface area contributed by atoms with Crippen LogP contribution in [0.1, 0.15) is 60.3 Å². The number of methoxy groups -OCH3 is 1. The monoisotopic (exact) mass is 537 g/mol. The molecular weight excluding hydrogens is 508 g/mol. The molecule has 8 nitrogen and oxygen atoms in total. The van der Waals surface area contributed by atoms with Crippen molar-refractivity contribution in [3.63, 3.8) is 0 Å². The Morgan fingerprint density at radius 2 is 1.87 bits per heavy atom. The van der Waals surface area contributed by atoms with Gasteiger partial charge in [0.25, 0.3) is 5.91 Å². The van der Waals surface area contributed by atoms with Gasteiger partial charge in [0.1, 0.15) is 6.61 Å². The van der Waals surface area contributed by atoms with E-state index in [0.717, 1.165) is 12.3 Å². The van der Waals surface area contributed by atoms with E-state index in [1.54, 1.807) is 18.7 Å². The molecule has 3 heterocycles. The summed E-state index contributed by atoms with van der Waals surface area (Å²) in [5.41, 5.74) is -0.988. The van der Waals surface area contributed by atoms with Gasteiger partial charge in [0.05, 0.1) is 30.8 Å². The Morgan fingerprint density at radius 1 is 1.13 bits per heavy atom. The number of carbonyl (C=O) groups is 2. The van der Waals surface area contributed by atoms with Crippen LogP contribution in [-0.2, 0) is 9.53 Å². The molecule has 204 valence electrons. The summed E-state index contributed by atoms with van der Waals surface area (Å²) in [6, 6.07) is 12.1. The van der Waals surface area contributed by atoms with Gasteiger partial charge in [0.15, 0.2) is 23.1 Å². The second-order valence-corrected chi connectivity index (χ2v) is 10.5. The van der Waals surface area contributed by atoms with Crippen molar-refractivity contribution in [2.45, 2.75) is 44.7 Å². The average molecular weight is 538 g/mol. The second-order valence-electron chi connectivity index (χ2n) is 10.5. The summed E-state index contributed by atoms with van der Waals surface area (Å²) in [7, 11) is 1.25. The SMILES string of the molecule is COC(=O)C(C)(C)COc1c2n(ncc1=O)[C@@H]([C@H](c1ccccc1)c1cccc(F)c1F)[C@H]1CCCN1C2=O. The molecule has 1 fully saturated rings. The average Bonchev–Trinajstić information content (AvgIpc) is 3.42. The van der Waals surface area contributed by atoms with E-state index in [4.69, 9.17) is 9.47 Å². The Balaban J connectivity index is 1.71. The fraction of sp³-hybridized carbons (Fsp3) is 0.379. The molecule has 0 radical (unpaired) electrons. The summed E-state index contributed by atoms with van der Waals surface area (Å²) in [5, 5.41) is 4.36. The van der Waals surface area contributed by atoms with Crippen LogP contribution in [0, 0.1) is 17.0 Å². The lowest BCUT2D eigenvalue weighted by atomic mass is 9.79. The second kappa shape index (κ2) is 10.2. The van der Waals surface area contributed by atoms with Crippen LogP contribution in [0.15, 0.2) is 59.5 Å². The maximum Gasteiger partial charge on any atom is 0.314 e. The molecule has 0 unspecified atom stereocenters. The first kappa shape index (κ1) is 26.5. The number of fused-ring (bicyclic) bond motifs is 2. The molecule has 0 spiro atoms. The van der Waals surface area contributed by atoms with Crippen molar-refractivity contribution >= 4 is 11.9 Å². The number of carbonyl (C=O) groups excluding carboxylic acids is 2. The lowest BCUT2D eigenvalue weighted by molar-refractivity contribution is -0.152. The van der Waals surface area contributed by atoms with Gasteiger partial charge in [-0.15, -0.1) is 0 Å². The van der Waals surface area contributed by atoms with E-state index < -0.39 is 46.3 Å². The fourth-order valence-electron chi connectivity index (χ4n) is 5.64. The van der Waals surface area contributed by atoms with E-state index in [2.05, 4.69) is 5.10 Å². The van der Waals surface area contributed by atoms with Crippen molar-refractivity contribution < 1.29 is 27.8 Å². The van der Waals surface area contributed by atoms with Gasteiger partial charge in [0, 0.05) is 18.0 Å². The van der Waals surface area contributed by atoms with Crippen molar-refractivity contribution in [2.24, 2.45) is 5.41 Å². The molecule has 3 atom stereocenters. The van der Waals surface area contributed by atoms with E-state index in [0.29, 0.717) is 24.9 Å². The Labute approximate surface area is 224 Å². The van der Waals surface area contributed by atoms with Crippen molar-refractivity contribution in [3.05, 3.63) is 93.4 Å². The highest BCUT2D eigenvalue weighted by Gasteiger charge is 2.49. The van der Waals surface area contributed by atoms with Gasteiger partial charge in [-0.1, -0.05) is 42.5 Å². The molecule has 0 N–H and O–H groups in total. The maximum atomic E-state index is 15.4. The number of hydrogen-bond donors (Lipinski definition) is 0. The van der Waals surface area contributed by atoms with E-state index in [1.165, 1.54) is 23.9 Å². The molecular formula is C29H29F2N3O5. The summed E-state index contributed by atoms with van der Waals surface area (Å²) in [6.07, 6.45) is 2.37. The summed E-state index contributed by atoms with van der Waals surface area (Å²) in [4.78, 5) is 40.6. The Kier molecular flexibility index (Phi) is 6.96. The Hall–Kier alpha value is -4.08. The topological polar surface area (TPSA) is 90.7 Å². The number of amides is 1. The molecule has 0 aliphatic carbocycles. The molecule has 3 aromatic rings. The largest absolute Gasteiger partial charge is 0.486 e. The third-order valence-corrected chi connectivity index (χ3v) is 7.54. The predicted molar refractivity (Wildman–Crippen MR) is 138 cm³/mol. The van der Waals surface area contributed by atoms with Gasteiger partial charge in [-0.3, -0.25) is 19.1 Å². The zero-order valence-electron chi connectivity index (χ0n) is 21.9. The normalized spacial score (nSPS) is 19.3. The number of hydrogen-bond acceptors (Lipinski definition) is 6. The van der Waals surface area contributed by atoms with Crippen LogP contribution in [0.2, 0.25) is 0 Å². The standard InChI is InChI=1S/C29H29F2N3O5/c1-29(2,28(37)38-3)16-39-26-21(35)15-32-34-24(20-13-8-14-33(20)27(36)25(26)34)22(17-9-5-4-6-10-17)18-11-7-12-19(30)23(18)31/h4-7,9-12,15,20,22,24H,8,13-14,16H2,1-3H3/t20-,22-,24-/m1/s1. The first-order chi connectivity index (χ1) is 18.7. The zero-order valence-corrected chi connectivity index (χ0v) is 21.9. The van der Waals surface area contributed by atoms with Crippen molar-refractivity contribution in [3.8, 4) is 5.75 Å². The summed E-state index contributed by atoms with van der Waals surface area (Å²) in [6.45, 7) is 3.41. The van der Waals surface area contributed by atoms with Crippen LogP contribution in [-0.4, -0.2) is 52.9 Å². The molecule has 39 heavy (non-hydrogen) atoms. The van der Waals surface area contributed by atoms with Gasteiger partial charge in [-0.05, 0) is 38.3 Å². The number of rotatable bonds is 7. The summed E-state index contributed by atoms with van der Waals surface area (Å²) < 4.78 is 42.0. The Bertz CT molecular complexity index is 1470. The van der Waals surface area contributed by atoms with Gasteiger partial charge in [0.2, 0.25) is 5.43 Å². The van der Waals surface area contributed by atoms with E-state index in [-0.39, 0.29) is 29.7 Å². The number of ether oxygens (including phenoxy) is 2. The number of aromatic nitrogens is 2. The first-order valence-corrected chi connectivity index (χ1v) is 12.8. The number of esters is 1. The van der Waals surface area contributed by atoms with E-state index >= 15 is 4.39 Å². The predicted octanol–water partition coefficient (Wildman–Crippen LogP) is 4.09. The van der Waals surface area contributed by atoms with Crippen molar-refractivity contribution in [1.82, 2.24) is 14.7 Å². The molecule has 10 heteroatoms. The zero-order chi connectivity index (χ0) is 27.9. The quantitative estimate of drug-likeness (QED) is 0.422. The van der Waals surface area contributed by atoms with Crippen LogP contribution < -0.4 is 10.2 Å². The molecule has 2 aliphatic heterocycles. The minimum Gasteiger partial charge on any atom is -0.486 e. The molecule has 2 aliphatic rings. The van der Waals surface area contributed by atoms with Crippen LogP contribution in [0.25, 0.3) is 0 Å².